The number of carbonyl (C=O) groups excluding carboxylic acids is 1. The lowest BCUT2D eigenvalue weighted by Gasteiger charge is -2.06. The van der Waals surface area contributed by atoms with Crippen LogP contribution in [0.4, 0.5) is 5.82 Å². The fourth-order valence-electron chi connectivity index (χ4n) is 1.55. The van der Waals surface area contributed by atoms with Gasteiger partial charge in [-0.25, -0.2) is 9.78 Å². The number of carbonyl (C=O) groups is 1. The standard InChI is InChI=1S/C13H11ClN2O2/c1-18-13(17)10-4-2-8(6-11(10)14)9-3-5-12(15)16-7-9/h2-7H,1H3,(H2,15,16). The average Bonchev–Trinajstić information content (AvgIpc) is 2.38. The van der Waals surface area contributed by atoms with Gasteiger partial charge in [0.1, 0.15) is 5.82 Å². The van der Waals surface area contributed by atoms with Gasteiger partial charge in [-0.15, -0.1) is 0 Å². The first-order valence-electron chi connectivity index (χ1n) is 5.21. The number of benzene rings is 1. The van der Waals surface area contributed by atoms with Gasteiger partial charge in [-0.2, -0.15) is 0 Å². The van der Waals surface area contributed by atoms with Crippen molar-refractivity contribution in [3.05, 3.63) is 47.1 Å². The number of ether oxygens (including phenoxy) is 1. The summed E-state index contributed by atoms with van der Waals surface area (Å²) >= 11 is 6.04. The zero-order valence-electron chi connectivity index (χ0n) is 9.68. The van der Waals surface area contributed by atoms with Crippen LogP contribution in [0.25, 0.3) is 11.1 Å². The summed E-state index contributed by atoms with van der Waals surface area (Å²) in [4.78, 5) is 15.4. The molecule has 92 valence electrons. The number of hydrogen-bond donors (Lipinski definition) is 1. The zero-order valence-corrected chi connectivity index (χ0v) is 10.4. The van der Waals surface area contributed by atoms with Crippen LogP contribution in [0.5, 0.6) is 0 Å². The molecule has 0 aliphatic heterocycles. The number of methoxy groups -OCH3 is 1. The highest BCUT2D eigenvalue weighted by Crippen LogP contribution is 2.26. The molecule has 2 rings (SSSR count). The van der Waals surface area contributed by atoms with Crippen LogP contribution in [0.15, 0.2) is 36.5 Å². The Kier molecular flexibility index (Phi) is 3.48. The van der Waals surface area contributed by atoms with Gasteiger partial charge in [0.25, 0.3) is 0 Å². The summed E-state index contributed by atoms with van der Waals surface area (Å²) in [6, 6.07) is 8.65. The van der Waals surface area contributed by atoms with Crippen molar-refractivity contribution in [3.8, 4) is 11.1 Å². The van der Waals surface area contributed by atoms with E-state index in [-0.39, 0.29) is 0 Å². The molecule has 1 aromatic heterocycles. The molecule has 18 heavy (non-hydrogen) atoms. The number of rotatable bonds is 2. The van der Waals surface area contributed by atoms with E-state index in [1.165, 1.54) is 7.11 Å². The molecule has 0 unspecified atom stereocenters. The van der Waals surface area contributed by atoms with Gasteiger partial charge in [0.15, 0.2) is 0 Å². The predicted octanol–water partition coefficient (Wildman–Crippen LogP) is 2.77. The van der Waals surface area contributed by atoms with Crippen molar-refractivity contribution in [1.29, 1.82) is 0 Å². The summed E-state index contributed by atoms with van der Waals surface area (Å²) in [5, 5.41) is 0.344. The molecule has 0 fully saturated rings. The molecular weight excluding hydrogens is 252 g/mol. The molecule has 0 spiro atoms. The van der Waals surface area contributed by atoms with Gasteiger partial charge in [-0.3, -0.25) is 0 Å². The smallest absolute Gasteiger partial charge is 0.339 e. The van der Waals surface area contributed by atoms with E-state index in [9.17, 15) is 4.79 Å². The first-order chi connectivity index (χ1) is 8.61. The van der Waals surface area contributed by atoms with Gasteiger partial charge in [0.2, 0.25) is 0 Å². The summed E-state index contributed by atoms with van der Waals surface area (Å²) in [5.74, 6) is -0.00184. The molecule has 0 radical (unpaired) electrons. The molecule has 4 nitrogen and oxygen atoms in total. The summed E-state index contributed by atoms with van der Waals surface area (Å²) in [7, 11) is 1.32. The fraction of sp³-hybridized carbons (Fsp3) is 0.0769. The van der Waals surface area contributed by atoms with Crippen LogP contribution in [-0.2, 0) is 4.74 Å². The summed E-state index contributed by atoms with van der Waals surface area (Å²) in [6.07, 6.45) is 1.65. The Morgan fingerprint density at radius 3 is 2.56 bits per heavy atom. The Labute approximate surface area is 109 Å². The third-order valence-corrected chi connectivity index (χ3v) is 2.81. The minimum atomic E-state index is -0.456. The number of nitrogen functional groups attached to an aromatic ring is 1. The molecular formula is C13H11ClN2O2. The second kappa shape index (κ2) is 5.06. The molecule has 1 aromatic carbocycles. The average molecular weight is 263 g/mol. The number of nitrogens with zero attached hydrogens (tertiary/aromatic N) is 1. The van der Waals surface area contributed by atoms with Crippen LogP contribution in [0, 0.1) is 0 Å². The second-order valence-electron chi connectivity index (χ2n) is 3.66. The van der Waals surface area contributed by atoms with Gasteiger partial charge in [-0.1, -0.05) is 17.7 Å². The maximum Gasteiger partial charge on any atom is 0.339 e. The molecule has 0 aliphatic rings. The molecule has 2 N–H and O–H groups in total. The lowest BCUT2D eigenvalue weighted by molar-refractivity contribution is 0.0601. The van der Waals surface area contributed by atoms with E-state index in [4.69, 9.17) is 17.3 Å². The summed E-state index contributed by atoms with van der Waals surface area (Å²) in [6.45, 7) is 0. The summed E-state index contributed by atoms with van der Waals surface area (Å²) in [5.41, 5.74) is 7.60. The normalized spacial score (nSPS) is 10.1. The molecule has 0 bridgehead atoms. The van der Waals surface area contributed by atoms with Crippen LogP contribution >= 0.6 is 11.6 Å². The van der Waals surface area contributed by atoms with Gasteiger partial charge in [0.05, 0.1) is 17.7 Å². The second-order valence-corrected chi connectivity index (χ2v) is 4.07. The predicted molar refractivity (Wildman–Crippen MR) is 70.4 cm³/mol. The van der Waals surface area contributed by atoms with Crippen LogP contribution in [-0.4, -0.2) is 18.1 Å². The Morgan fingerprint density at radius 1 is 1.28 bits per heavy atom. The van der Waals surface area contributed by atoms with E-state index in [0.29, 0.717) is 16.4 Å². The topological polar surface area (TPSA) is 65.2 Å². The molecule has 0 saturated carbocycles. The highest BCUT2D eigenvalue weighted by Gasteiger charge is 2.11. The van der Waals surface area contributed by atoms with E-state index in [0.717, 1.165) is 11.1 Å². The van der Waals surface area contributed by atoms with E-state index in [2.05, 4.69) is 9.72 Å². The van der Waals surface area contributed by atoms with Crippen LogP contribution in [0.3, 0.4) is 0 Å². The first-order valence-corrected chi connectivity index (χ1v) is 5.59. The van der Waals surface area contributed by atoms with E-state index < -0.39 is 5.97 Å². The van der Waals surface area contributed by atoms with Crippen molar-refractivity contribution >= 4 is 23.4 Å². The molecule has 0 amide bonds. The Bertz CT molecular complexity index is 582. The van der Waals surface area contributed by atoms with Crippen molar-refractivity contribution in [1.82, 2.24) is 4.98 Å². The lowest BCUT2D eigenvalue weighted by atomic mass is 10.1. The molecule has 0 atom stereocenters. The van der Waals surface area contributed by atoms with Gasteiger partial charge in [-0.05, 0) is 29.8 Å². The van der Waals surface area contributed by atoms with Crippen molar-refractivity contribution < 1.29 is 9.53 Å². The monoisotopic (exact) mass is 262 g/mol. The number of halogens is 1. The van der Waals surface area contributed by atoms with Gasteiger partial charge < -0.3 is 10.5 Å². The fourth-order valence-corrected chi connectivity index (χ4v) is 1.80. The van der Waals surface area contributed by atoms with E-state index >= 15 is 0 Å². The molecule has 1 heterocycles. The quantitative estimate of drug-likeness (QED) is 0.845. The van der Waals surface area contributed by atoms with E-state index in [1.54, 1.807) is 30.5 Å². The molecule has 5 heteroatoms. The number of pyridine rings is 1. The van der Waals surface area contributed by atoms with Crippen molar-refractivity contribution in [2.24, 2.45) is 0 Å². The largest absolute Gasteiger partial charge is 0.465 e. The molecule has 0 aliphatic carbocycles. The van der Waals surface area contributed by atoms with Crippen molar-refractivity contribution in [2.75, 3.05) is 12.8 Å². The van der Waals surface area contributed by atoms with Crippen molar-refractivity contribution in [3.63, 3.8) is 0 Å². The first kappa shape index (κ1) is 12.4. The number of hydrogen-bond acceptors (Lipinski definition) is 4. The molecule has 0 saturated heterocycles. The van der Waals surface area contributed by atoms with Gasteiger partial charge in [0, 0.05) is 11.8 Å². The molecule has 2 aromatic rings. The highest BCUT2D eigenvalue weighted by molar-refractivity contribution is 6.33. The Balaban J connectivity index is 2.40. The lowest BCUT2D eigenvalue weighted by Crippen LogP contribution is -2.01. The Hall–Kier alpha value is -2.07. The number of nitrogens with two attached hydrogens (primary N) is 1. The Morgan fingerprint density at radius 2 is 2.00 bits per heavy atom. The van der Waals surface area contributed by atoms with Crippen molar-refractivity contribution in [2.45, 2.75) is 0 Å². The van der Waals surface area contributed by atoms with Crippen LogP contribution in [0.1, 0.15) is 10.4 Å². The third-order valence-electron chi connectivity index (χ3n) is 2.49. The number of anilines is 1. The highest BCUT2D eigenvalue weighted by atomic mass is 35.5. The van der Waals surface area contributed by atoms with Gasteiger partial charge >= 0.3 is 5.97 Å². The maximum absolute atomic E-state index is 11.4. The third kappa shape index (κ3) is 2.43. The number of aromatic nitrogens is 1. The van der Waals surface area contributed by atoms with Crippen LogP contribution < -0.4 is 5.73 Å². The minimum absolute atomic E-state index is 0.339. The summed E-state index contributed by atoms with van der Waals surface area (Å²) < 4.78 is 4.63. The zero-order chi connectivity index (χ0) is 13.1. The van der Waals surface area contributed by atoms with E-state index in [1.807, 2.05) is 6.07 Å². The maximum atomic E-state index is 11.4. The van der Waals surface area contributed by atoms with Crippen LogP contribution in [0.2, 0.25) is 5.02 Å². The SMILES string of the molecule is COC(=O)c1ccc(-c2ccc(N)nc2)cc1Cl. The number of esters is 1. The minimum Gasteiger partial charge on any atom is -0.465 e.